The Hall–Kier alpha value is -4.77. The quantitative estimate of drug-likeness (QED) is 0.169. The Morgan fingerprint density at radius 2 is 1.77 bits per heavy atom. The van der Waals surface area contributed by atoms with Gasteiger partial charge in [-0.05, 0) is 35.4 Å². The molecule has 8 heteroatoms. The highest BCUT2D eigenvalue weighted by Crippen LogP contribution is 2.44. The van der Waals surface area contributed by atoms with Crippen LogP contribution in [0.25, 0.3) is 10.1 Å². The predicted molar refractivity (Wildman–Crippen MR) is 155 cm³/mol. The van der Waals surface area contributed by atoms with E-state index < -0.39 is 11.9 Å². The fourth-order valence-electron chi connectivity index (χ4n) is 4.67. The maximum Gasteiger partial charge on any atom is 0.355 e. The number of nitriles is 1. The SMILES string of the molecule is N#CC1=C(N)Oc2cc(OC(=O)c3sc4ccccc4c3Cl)ccc2C1c1cccc(OCc2ccccc2)c1. The van der Waals surface area contributed by atoms with E-state index in [0.717, 1.165) is 21.2 Å². The van der Waals surface area contributed by atoms with E-state index in [1.807, 2.05) is 78.9 Å². The number of fused-ring (bicyclic) bond motifs is 2. The van der Waals surface area contributed by atoms with Crippen LogP contribution in [0, 0.1) is 11.3 Å². The van der Waals surface area contributed by atoms with Crippen LogP contribution in [0.4, 0.5) is 0 Å². The van der Waals surface area contributed by atoms with E-state index in [1.54, 1.807) is 18.2 Å². The smallest absolute Gasteiger partial charge is 0.355 e. The van der Waals surface area contributed by atoms with Crippen molar-refractivity contribution in [2.24, 2.45) is 5.73 Å². The Morgan fingerprint density at radius 3 is 2.58 bits per heavy atom. The average molecular weight is 565 g/mol. The molecule has 4 aromatic carbocycles. The van der Waals surface area contributed by atoms with Crippen LogP contribution in [0.15, 0.2) is 109 Å². The lowest BCUT2D eigenvalue weighted by molar-refractivity contribution is 0.0740. The molecule has 6 nitrogen and oxygen atoms in total. The molecule has 2 heterocycles. The monoisotopic (exact) mass is 564 g/mol. The number of benzene rings is 4. The third kappa shape index (κ3) is 4.87. The number of ether oxygens (including phenoxy) is 3. The van der Waals surface area contributed by atoms with E-state index in [0.29, 0.717) is 33.6 Å². The van der Waals surface area contributed by atoms with Crippen LogP contribution in [0.2, 0.25) is 5.02 Å². The van der Waals surface area contributed by atoms with Crippen molar-refractivity contribution in [3.8, 4) is 23.3 Å². The number of halogens is 1. The van der Waals surface area contributed by atoms with Crippen molar-refractivity contribution >= 4 is 39.0 Å². The minimum atomic E-state index is -0.567. The summed E-state index contributed by atoms with van der Waals surface area (Å²) in [5, 5.41) is 11.1. The Morgan fingerprint density at radius 1 is 0.975 bits per heavy atom. The first-order chi connectivity index (χ1) is 19.5. The molecule has 0 saturated heterocycles. The molecule has 0 saturated carbocycles. The summed E-state index contributed by atoms with van der Waals surface area (Å²) in [4.78, 5) is 13.3. The van der Waals surface area contributed by atoms with Crippen molar-refractivity contribution in [1.82, 2.24) is 0 Å². The van der Waals surface area contributed by atoms with Gasteiger partial charge in [-0.2, -0.15) is 5.26 Å². The van der Waals surface area contributed by atoms with Crippen LogP contribution in [-0.2, 0) is 6.61 Å². The highest BCUT2D eigenvalue weighted by Gasteiger charge is 2.31. The zero-order chi connectivity index (χ0) is 27.6. The van der Waals surface area contributed by atoms with Crippen molar-refractivity contribution in [3.05, 3.63) is 135 Å². The van der Waals surface area contributed by atoms with Crippen LogP contribution in [-0.4, -0.2) is 5.97 Å². The highest BCUT2D eigenvalue weighted by molar-refractivity contribution is 7.21. The van der Waals surface area contributed by atoms with Gasteiger partial charge in [-0.15, -0.1) is 11.3 Å². The van der Waals surface area contributed by atoms with Gasteiger partial charge >= 0.3 is 5.97 Å². The van der Waals surface area contributed by atoms with Crippen molar-refractivity contribution in [1.29, 1.82) is 5.26 Å². The summed E-state index contributed by atoms with van der Waals surface area (Å²) in [6, 6.07) is 32.2. The molecule has 0 aliphatic carbocycles. The normalized spacial score (nSPS) is 14.2. The first-order valence-corrected chi connectivity index (χ1v) is 13.6. The van der Waals surface area contributed by atoms with Crippen molar-refractivity contribution in [2.75, 3.05) is 0 Å². The number of nitrogens with two attached hydrogens (primary N) is 1. The number of esters is 1. The molecular weight excluding hydrogens is 544 g/mol. The minimum absolute atomic E-state index is 0.00775. The number of hydrogen-bond donors (Lipinski definition) is 1. The molecule has 0 fully saturated rings. The first kappa shape index (κ1) is 25.5. The zero-order valence-electron chi connectivity index (χ0n) is 21.0. The van der Waals surface area contributed by atoms with Crippen LogP contribution < -0.4 is 19.9 Å². The van der Waals surface area contributed by atoms with E-state index in [1.165, 1.54) is 11.3 Å². The summed E-state index contributed by atoms with van der Waals surface area (Å²) in [6.45, 7) is 0.413. The summed E-state index contributed by atoms with van der Waals surface area (Å²) in [7, 11) is 0. The zero-order valence-corrected chi connectivity index (χ0v) is 22.5. The standard InChI is InChI=1S/C32H21ClN2O4S/c33-29-24-11-4-5-12-27(24)40-30(29)32(36)38-22-13-14-23-26(16-22)39-31(35)25(17-34)28(23)20-9-6-10-21(15-20)37-18-19-7-2-1-3-8-19/h1-16,28H,18,35H2. The van der Waals surface area contributed by atoms with E-state index in [-0.39, 0.29) is 17.2 Å². The number of hydrogen-bond acceptors (Lipinski definition) is 7. The minimum Gasteiger partial charge on any atom is -0.489 e. The number of carbonyl (C=O) groups is 1. The molecular formula is C32H21ClN2O4S. The molecule has 40 heavy (non-hydrogen) atoms. The summed E-state index contributed by atoms with van der Waals surface area (Å²) in [5.74, 6) is 0.260. The van der Waals surface area contributed by atoms with E-state index >= 15 is 0 Å². The average Bonchev–Trinajstić information content (AvgIpc) is 3.32. The van der Waals surface area contributed by atoms with Crippen molar-refractivity contribution < 1.29 is 19.0 Å². The van der Waals surface area contributed by atoms with Gasteiger partial charge in [-0.25, -0.2) is 4.79 Å². The number of nitrogens with zero attached hydrogens (tertiary/aromatic N) is 1. The third-order valence-corrected chi connectivity index (χ3v) is 8.22. The van der Waals surface area contributed by atoms with Gasteiger partial charge in [0, 0.05) is 21.7 Å². The summed E-state index contributed by atoms with van der Waals surface area (Å²) >= 11 is 7.74. The molecule has 0 radical (unpaired) electrons. The molecule has 1 aliphatic heterocycles. The lowest BCUT2D eigenvalue weighted by Gasteiger charge is -2.27. The van der Waals surface area contributed by atoms with Crippen LogP contribution >= 0.6 is 22.9 Å². The molecule has 1 aromatic heterocycles. The fraction of sp³-hybridized carbons (Fsp3) is 0.0625. The largest absolute Gasteiger partial charge is 0.489 e. The maximum absolute atomic E-state index is 13.0. The lowest BCUT2D eigenvalue weighted by Crippen LogP contribution is -2.21. The second-order valence-corrected chi connectivity index (χ2v) is 10.5. The molecule has 0 bridgehead atoms. The van der Waals surface area contributed by atoms with Crippen molar-refractivity contribution in [2.45, 2.75) is 12.5 Å². The summed E-state index contributed by atoms with van der Waals surface area (Å²) < 4.78 is 18.4. The summed E-state index contributed by atoms with van der Waals surface area (Å²) in [5.41, 5.74) is 9.05. The molecule has 196 valence electrons. The third-order valence-electron chi connectivity index (χ3n) is 6.56. The Bertz CT molecular complexity index is 1820. The van der Waals surface area contributed by atoms with Gasteiger partial charge in [0.2, 0.25) is 5.88 Å². The first-order valence-electron chi connectivity index (χ1n) is 12.4. The molecule has 1 unspecified atom stereocenters. The Balaban J connectivity index is 1.28. The molecule has 0 spiro atoms. The molecule has 5 aromatic rings. The van der Waals surface area contributed by atoms with E-state index in [2.05, 4.69) is 6.07 Å². The van der Waals surface area contributed by atoms with Gasteiger partial charge in [-0.1, -0.05) is 78.3 Å². The van der Waals surface area contributed by atoms with E-state index in [4.69, 9.17) is 31.5 Å². The number of thiophene rings is 1. The topological polar surface area (TPSA) is 94.6 Å². The fourth-order valence-corrected chi connectivity index (χ4v) is 6.05. The molecule has 2 N–H and O–H groups in total. The molecule has 1 atom stereocenters. The maximum atomic E-state index is 13.0. The second-order valence-electron chi connectivity index (χ2n) is 9.10. The Labute approximate surface area is 239 Å². The van der Waals surface area contributed by atoms with E-state index in [9.17, 15) is 10.1 Å². The van der Waals surface area contributed by atoms with Gasteiger partial charge in [0.05, 0.1) is 10.9 Å². The van der Waals surface area contributed by atoms with Gasteiger partial charge < -0.3 is 19.9 Å². The second kappa shape index (κ2) is 10.8. The summed E-state index contributed by atoms with van der Waals surface area (Å²) in [6.07, 6.45) is 0. The molecule has 1 aliphatic rings. The molecule has 6 rings (SSSR count). The van der Waals surface area contributed by atoms with Crippen LogP contribution in [0.3, 0.4) is 0 Å². The number of allylic oxidation sites excluding steroid dienone is 1. The Kier molecular flexibility index (Phi) is 6.87. The van der Waals surface area contributed by atoms with Gasteiger partial charge in [0.15, 0.2) is 0 Å². The molecule has 0 amide bonds. The van der Waals surface area contributed by atoms with Crippen LogP contribution in [0.5, 0.6) is 17.2 Å². The number of carbonyl (C=O) groups excluding carboxylic acids is 1. The lowest BCUT2D eigenvalue weighted by atomic mass is 9.83. The highest BCUT2D eigenvalue weighted by atomic mass is 35.5. The van der Waals surface area contributed by atoms with Crippen LogP contribution in [0.1, 0.15) is 32.3 Å². The van der Waals surface area contributed by atoms with Gasteiger partial charge in [-0.3, -0.25) is 0 Å². The number of rotatable bonds is 6. The van der Waals surface area contributed by atoms with Gasteiger partial charge in [0.1, 0.15) is 40.4 Å². The predicted octanol–water partition coefficient (Wildman–Crippen LogP) is 7.57. The van der Waals surface area contributed by atoms with Gasteiger partial charge in [0.25, 0.3) is 0 Å². The van der Waals surface area contributed by atoms with Crippen molar-refractivity contribution in [3.63, 3.8) is 0 Å².